The molecule has 0 spiro atoms. The van der Waals surface area contributed by atoms with Gasteiger partial charge in [-0.2, -0.15) is 0 Å². The van der Waals surface area contributed by atoms with Gasteiger partial charge in [0.2, 0.25) is 0 Å². The van der Waals surface area contributed by atoms with Crippen LogP contribution in [0.5, 0.6) is 0 Å². The zero-order valence-electron chi connectivity index (χ0n) is 21.8. The second-order valence-corrected chi connectivity index (χ2v) is 9.85. The Hall–Kier alpha value is -4.95. The molecule has 4 aromatic rings. The first-order valence-corrected chi connectivity index (χ1v) is 13.3. The Morgan fingerprint density at radius 1 is 1.02 bits per heavy atom. The molecule has 0 fully saturated rings. The van der Waals surface area contributed by atoms with Crippen molar-refractivity contribution >= 4 is 34.0 Å². The lowest BCUT2D eigenvalue weighted by Gasteiger charge is -2.22. The molecular weight excluding hydrogens is 502 g/mol. The number of nitrogens with one attached hydrogen (secondary N) is 4. The molecule has 200 valence electrons. The van der Waals surface area contributed by atoms with Crippen LogP contribution in [0.1, 0.15) is 50.7 Å². The van der Waals surface area contributed by atoms with Gasteiger partial charge < -0.3 is 25.7 Å². The van der Waals surface area contributed by atoms with Crippen molar-refractivity contribution in [3.05, 3.63) is 126 Å². The van der Waals surface area contributed by atoms with Gasteiger partial charge in [0, 0.05) is 60.3 Å². The molecule has 8 heteroatoms. The number of fused-ring (bicyclic) bond motifs is 2. The molecule has 1 aliphatic heterocycles. The standard InChI is InChI=1S/C32H29N5O3/c38-31(23-12-15-40-20-23)36-25-9-8-22-16-24(37-32(39)28-7-3-5-21-4-1-2-6-27(21)28)10-11-30(29(22)17-25)35-19-26-18-33-13-14-34-26/h1-9,12-15,17-18,20,30,33-35H,10-11,16,19H2,(H,36,38). The van der Waals surface area contributed by atoms with Crippen LogP contribution in [0.2, 0.25) is 0 Å². The maximum Gasteiger partial charge on any atom is 0.277 e. The lowest BCUT2D eigenvalue weighted by molar-refractivity contribution is 0.100. The van der Waals surface area contributed by atoms with E-state index in [0.29, 0.717) is 36.2 Å². The number of aliphatic imine (C=N–C) groups is 1. The van der Waals surface area contributed by atoms with E-state index < -0.39 is 0 Å². The van der Waals surface area contributed by atoms with E-state index in [0.717, 1.165) is 39.7 Å². The zero-order chi connectivity index (χ0) is 27.3. The summed E-state index contributed by atoms with van der Waals surface area (Å²) in [6.07, 6.45) is 10.5. The molecule has 40 heavy (non-hydrogen) atoms. The van der Waals surface area contributed by atoms with Gasteiger partial charge in [0.1, 0.15) is 6.26 Å². The summed E-state index contributed by atoms with van der Waals surface area (Å²) in [5.41, 5.74) is 5.77. The number of amides is 2. The fraction of sp³-hybridized carbons (Fsp3) is 0.156. The van der Waals surface area contributed by atoms with Crippen LogP contribution in [0.25, 0.3) is 10.8 Å². The Labute approximate surface area is 231 Å². The van der Waals surface area contributed by atoms with E-state index in [-0.39, 0.29) is 17.9 Å². The van der Waals surface area contributed by atoms with Gasteiger partial charge in [-0.05, 0) is 59.0 Å². The van der Waals surface area contributed by atoms with Crippen LogP contribution in [-0.4, -0.2) is 24.1 Å². The quantitative estimate of drug-likeness (QED) is 0.247. The molecule has 1 unspecified atom stereocenters. The van der Waals surface area contributed by atoms with Gasteiger partial charge in [-0.25, -0.2) is 4.99 Å². The number of hydrogen-bond acceptors (Lipinski definition) is 6. The zero-order valence-corrected chi connectivity index (χ0v) is 21.8. The molecule has 1 aromatic heterocycles. The van der Waals surface area contributed by atoms with E-state index in [4.69, 9.17) is 4.42 Å². The number of nitrogens with zero attached hydrogens (tertiary/aromatic N) is 1. The number of anilines is 1. The van der Waals surface area contributed by atoms with E-state index in [9.17, 15) is 9.59 Å². The summed E-state index contributed by atoms with van der Waals surface area (Å²) in [6.45, 7) is 0.620. The summed E-state index contributed by atoms with van der Waals surface area (Å²) in [4.78, 5) is 30.7. The molecule has 0 radical (unpaired) electrons. The first kappa shape index (κ1) is 25.3. The van der Waals surface area contributed by atoms with E-state index in [2.05, 4.69) is 26.3 Å². The minimum Gasteiger partial charge on any atom is -0.472 e. The Balaban J connectivity index is 1.28. The largest absolute Gasteiger partial charge is 0.472 e. The Kier molecular flexibility index (Phi) is 7.24. The highest BCUT2D eigenvalue weighted by molar-refractivity contribution is 6.12. The van der Waals surface area contributed by atoms with E-state index >= 15 is 0 Å². The Morgan fingerprint density at radius 2 is 1.93 bits per heavy atom. The highest BCUT2D eigenvalue weighted by atomic mass is 16.3. The summed E-state index contributed by atoms with van der Waals surface area (Å²) < 4.78 is 5.05. The third-order valence-corrected chi connectivity index (χ3v) is 7.20. The highest BCUT2D eigenvalue weighted by Crippen LogP contribution is 2.31. The van der Waals surface area contributed by atoms with Crippen molar-refractivity contribution in [3.8, 4) is 0 Å². The Morgan fingerprint density at radius 3 is 2.77 bits per heavy atom. The minimum atomic E-state index is -0.232. The van der Waals surface area contributed by atoms with Crippen molar-refractivity contribution < 1.29 is 14.0 Å². The summed E-state index contributed by atoms with van der Waals surface area (Å²) in [7, 11) is 0. The predicted molar refractivity (Wildman–Crippen MR) is 156 cm³/mol. The molecule has 0 bridgehead atoms. The lowest BCUT2D eigenvalue weighted by atomic mass is 9.98. The summed E-state index contributed by atoms with van der Waals surface area (Å²) in [5.74, 6) is -0.456. The number of furan rings is 1. The number of rotatable bonds is 6. The molecular formula is C32H29N5O3. The SMILES string of the molecule is O=C(Nc1ccc2c(c1)C(NCC1=CNC=CN1)CCC(=NC(=O)c1cccc3ccccc13)C2)c1ccoc1. The van der Waals surface area contributed by atoms with Crippen molar-refractivity contribution in [3.63, 3.8) is 0 Å². The van der Waals surface area contributed by atoms with Crippen LogP contribution >= 0.6 is 0 Å². The average Bonchev–Trinajstić information content (AvgIpc) is 3.48. The molecule has 2 amide bonds. The third kappa shape index (κ3) is 5.57. The molecule has 0 saturated carbocycles. The molecule has 8 nitrogen and oxygen atoms in total. The maximum atomic E-state index is 13.4. The van der Waals surface area contributed by atoms with Crippen molar-refractivity contribution in [1.29, 1.82) is 0 Å². The van der Waals surface area contributed by atoms with Gasteiger partial charge in [-0.1, -0.05) is 42.5 Å². The van der Waals surface area contributed by atoms with Crippen LogP contribution in [0.3, 0.4) is 0 Å². The molecule has 3 aromatic carbocycles. The number of benzene rings is 3. The average molecular weight is 532 g/mol. The molecule has 6 rings (SSSR count). The fourth-order valence-corrected chi connectivity index (χ4v) is 5.18. The second kappa shape index (κ2) is 11.4. The maximum absolute atomic E-state index is 13.4. The number of carbonyl (C=O) groups excluding carboxylic acids is 2. The van der Waals surface area contributed by atoms with E-state index in [1.54, 1.807) is 6.07 Å². The molecule has 0 saturated heterocycles. The topological polar surface area (TPSA) is 108 Å². The molecule has 2 heterocycles. The third-order valence-electron chi connectivity index (χ3n) is 7.20. The van der Waals surface area contributed by atoms with Gasteiger partial charge in [0.25, 0.3) is 11.8 Å². The minimum absolute atomic E-state index is 0.00487. The summed E-state index contributed by atoms with van der Waals surface area (Å²) in [5, 5.41) is 14.9. The van der Waals surface area contributed by atoms with Crippen LogP contribution in [-0.2, 0) is 6.42 Å². The van der Waals surface area contributed by atoms with Crippen molar-refractivity contribution in [2.24, 2.45) is 4.99 Å². The molecule has 4 N–H and O–H groups in total. The Bertz CT molecular complexity index is 1650. The summed E-state index contributed by atoms with van der Waals surface area (Å²) in [6, 6.07) is 21.2. The van der Waals surface area contributed by atoms with Gasteiger partial charge in [0.15, 0.2) is 0 Å². The molecule has 1 atom stereocenters. The lowest BCUT2D eigenvalue weighted by Crippen LogP contribution is -2.29. The predicted octanol–water partition coefficient (Wildman–Crippen LogP) is 5.44. The summed E-state index contributed by atoms with van der Waals surface area (Å²) >= 11 is 0. The van der Waals surface area contributed by atoms with Crippen LogP contribution in [0.4, 0.5) is 5.69 Å². The normalized spacial score (nSPS) is 17.4. The first-order chi connectivity index (χ1) is 19.6. The van der Waals surface area contributed by atoms with Gasteiger partial charge in [-0.3, -0.25) is 9.59 Å². The fourth-order valence-electron chi connectivity index (χ4n) is 5.18. The van der Waals surface area contributed by atoms with Crippen molar-refractivity contribution in [1.82, 2.24) is 16.0 Å². The van der Waals surface area contributed by atoms with Gasteiger partial charge >= 0.3 is 0 Å². The van der Waals surface area contributed by atoms with Crippen LogP contribution < -0.4 is 21.3 Å². The number of hydrogen-bond donors (Lipinski definition) is 4. The monoisotopic (exact) mass is 531 g/mol. The van der Waals surface area contributed by atoms with Crippen LogP contribution in [0.15, 0.2) is 113 Å². The van der Waals surface area contributed by atoms with Crippen molar-refractivity contribution in [2.75, 3.05) is 11.9 Å². The molecule has 2 aliphatic rings. The van der Waals surface area contributed by atoms with Crippen LogP contribution in [0, 0.1) is 0 Å². The molecule has 1 aliphatic carbocycles. The van der Waals surface area contributed by atoms with Crippen molar-refractivity contribution in [2.45, 2.75) is 25.3 Å². The van der Waals surface area contributed by atoms with E-state index in [1.807, 2.05) is 79.3 Å². The second-order valence-electron chi connectivity index (χ2n) is 9.85. The van der Waals surface area contributed by atoms with E-state index in [1.165, 1.54) is 12.5 Å². The smallest absolute Gasteiger partial charge is 0.277 e. The highest BCUT2D eigenvalue weighted by Gasteiger charge is 2.23. The van der Waals surface area contributed by atoms with Gasteiger partial charge in [-0.15, -0.1) is 0 Å². The van der Waals surface area contributed by atoms with Gasteiger partial charge in [0.05, 0.1) is 11.8 Å². The first-order valence-electron chi connectivity index (χ1n) is 13.3. The number of carbonyl (C=O) groups is 2.